The molecule has 0 amide bonds. The van der Waals surface area contributed by atoms with Gasteiger partial charge in [-0.1, -0.05) is 6.07 Å². The smallest absolute Gasteiger partial charge is 0.376 e. The normalized spacial score (nSPS) is 11.3. The first-order valence-electron chi connectivity index (χ1n) is 6.60. The number of hydrogen-bond donors (Lipinski definition) is 0. The summed E-state index contributed by atoms with van der Waals surface area (Å²) in [6.07, 6.45) is 6.15. The van der Waals surface area contributed by atoms with Crippen LogP contribution in [0.25, 0.3) is 5.69 Å². The lowest BCUT2D eigenvalue weighted by Crippen LogP contribution is -2.28. The van der Waals surface area contributed by atoms with E-state index in [1.807, 2.05) is 18.2 Å². The van der Waals surface area contributed by atoms with Gasteiger partial charge < -0.3 is 4.18 Å². The Kier molecular flexibility index (Phi) is 5.70. The summed E-state index contributed by atoms with van der Waals surface area (Å²) in [6, 6.07) is 10.6. The van der Waals surface area contributed by atoms with Gasteiger partial charge in [-0.25, -0.2) is 9.67 Å². The van der Waals surface area contributed by atoms with Crippen LogP contribution >= 0.6 is 0 Å². The summed E-state index contributed by atoms with van der Waals surface area (Å²) < 4.78 is 63.1. The van der Waals surface area contributed by atoms with Gasteiger partial charge in [-0.05, 0) is 36.4 Å². The maximum Gasteiger partial charge on any atom is 0.534 e. The molecule has 0 spiro atoms. The van der Waals surface area contributed by atoms with Crippen molar-refractivity contribution in [3.05, 3.63) is 67.5 Å². The molecule has 3 rings (SSSR count). The summed E-state index contributed by atoms with van der Waals surface area (Å²) in [7, 11) is -5.65. The van der Waals surface area contributed by atoms with Crippen LogP contribution in [0.1, 0.15) is 0 Å². The highest BCUT2D eigenvalue weighted by atomic mass is 32.2. The van der Waals surface area contributed by atoms with Gasteiger partial charge in [0.05, 0.1) is 5.69 Å². The van der Waals surface area contributed by atoms with E-state index in [2.05, 4.69) is 19.2 Å². The fourth-order valence-corrected chi connectivity index (χ4v) is 1.94. The number of rotatable bonds is 3. The molecular formula is C14H11F3N4O3S. The van der Waals surface area contributed by atoms with E-state index in [9.17, 15) is 21.6 Å². The molecule has 132 valence electrons. The van der Waals surface area contributed by atoms with Gasteiger partial charge in [-0.15, -0.1) is 0 Å². The van der Waals surface area contributed by atoms with Gasteiger partial charge in [0.1, 0.15) is 18.4 Å². The highest BCUT2D eigenvalue weighted by Crippen LogP contribution is 2.27. The summed E-state index contributed by atoms with van der Waals surface area (Å²) in [4.78, 5) is 7.47. The second kappa shape index (κ2) is 7.75. The third-order valence-electron chi connectivity index (χ3n) is 2.58. The van der Waals surface area contributed by atoms with Crippen molar-refractivity contribution >= 4 is 10.1 Å². The molecule has 0 unspecified atom stereocenters. The molecule has 0 N–H and O–H groups in total. The fourth-order valence-electron chi connectivity index (χ4n) is 1.48. The van der Waals surface area contributed by atoms with Crippen LogP contribution in [0.15, 0.2) is 67.5 Å². The molecule has 25 heavy (non-hydrogen) atoms. The van der Waals surface area contributed by atoms with Gasteiger partial charge >= 0.3 is 15.6 Å². The molecule has 0 radical (unpaired) electrons. The number of aromatic nitrogens is 4. The Morgan fingerprint density at radius 2 is 1.60 bits per heavy atom. The van der Waals surface area contributed by atoms with E-state index < -0.39 is 21.4 Å². The zero-order chi connectivity index (χ0) is 18.3. The molecule has 3 aromatic rings. The molecule has 0 aliphatic rings. The molecule has 0 fully saturated rings. The average molecular weight is 372 g/mol. The third-order valence-corrected chi connectivity index (χ3v) is 3.55. The molecule has 2 heterocycles. The summed E-state index contributed by atoms with van der Waals surface area (Å²) in [5.41, 5.74) is -4.97. The van der Waals surface area contributed by atoms with Gasteiger partial charge in [0, 0.05) is 12.4 Å². The minimum atomic E-state index is -5.65. The Bertz CT molecular complexity index is 841. The first-order chi connectivity index (χ1) is 11.8. The maximum atomic E-state index is 12.1. The standard InChI is InChI=1S/C9H6F3N3O3S.C5H5N/c10-9(11,12)19(16,17)18-8-3-1-7(2-4-8)15-6-13-5-14-15;1-2-4-6-5-3-1/h1-6H;1-5H. The van der Waals surface area contributed by atoms with Crippen LogP contribution < -0.4 is 4.18 Å². The first-order valence-corrected chi connectivity index (χ1v) is 8.01. The number of halogens is 3. The van der Waals surface area contributed by atoms with Crippen molar-refractivity contribution < 1.29 is 25.8 Å². The Labute approximate surface area is 140 Å². The predicted molar refractivity (Wildman–Crippen MR) is 81.2 cm³/mol. The maximum absolute atomic E-state index is 12.1. The average Bonchev–Trinajstić information content (AvgIpc) is 3.11. The molecule has 1 aromatic carbocycles. The molecular weight excluding hydrogens is 361 g/mol. The van der Waals surface area contributed by atoms with Crippen LogP contribution in [0.2, 0.25) is 0 Å². The van der Waals surface area contributed by atoms with Crippen LogP contribution in [-0.2, 0) is 10.1 Å². The van der Waals surface area contributed by atoms with E-state index >= 15 is 0 Å². The van der Waals surface area contributed by atoms with Crippen LogP contribution in [0.5, 0.6) is 5.75 Å². The van der Waals surface area contributed by atoms with Crippen molar-refractivity contribution in [2.45, 2.75) is 5.51 Å². The molecule has 0 bridgehead atoms. The Morgan fingerprint density at radius 1 is 0.960 bits per heavy atom. The number of alkyl halides is 3. The predicted octanol–water partition coefficient (Wildman–Crippen LogP) is 2.58. The minimum Gasteiger partial charge on any atom is -0.376 e. The van der Waals surface area contributed by atoms with Crippen LogP contribution in [0, 0.1) is 0 Å². The largest absolute Gasteiger partial charge is 0.534 e. The van der Waals surface area contributed by atoms with Crippen molar-refractivity contribution in [2.75, 3.05) is 0 Å². The summed E-state index contributed by atoms with van der Waals surface area (Å²) in [5, 5.41) is 3.80. The monoisotopic (exact) mass is 372 g/mol. The molecule has 7 nitrogen and oxygen atoms in total. The lowest BCUT2D eigenvalue weighted by molar-refractivity contribution is -0.0500. The highest BCUT2D eigenvalue weighted by Gasteiger charge is 2.48. The minimum absolute atomic E-state index is 0.443. The molecule has 2 aromatic heterocycles. The lowest BCUT2D eigenvalue weighted by Gasteiger charge is -2.09. The lowest BCUT2D eigenvalue weighted by atomic mass is 10.3. The number of benzene rings is 1. The van der Waals surface area contributed by atoms with E-state index in [1.54, 1.807) is 12.4 Å². The first kappa shape index (κ1) is 18.4. The number of pyridine rings is 1. The summed E-state index contributed by atoms with van der Waals surface area (Å²) >= 11 is 0. The SMILES string of the molecule is O=S(=O)(Oc1ccc(-n2cncn2)cc1)C(F)(F)F.c1ccncc1. The Balaban J connectivity index is 0.000000316. The van der Waals surface area contributed by atoms with E-state index in [1.165, 1.54) is 29.5 Å². The molecule has 0 aliphatic carbocycles. The van der Waals surface area contributed by atoms with Crippen molar-refractivity contribution in [1.29, 1.82) is 0 Å². The van der Waals surface area contributed by atoms with Gasteiger partial charge in [0.15, 0.2) is 0 Å². The van der Waals surface area contributed by atoms with E-state index in [0.29, 0.717) is 5.69 Å². The van der Waals surface area contributed by atoms with Crippen molar-refractivity contribution in [3.63, 3.8) is 0 Å². The molecule has 0 saturated heterocycles. The van der Waals surface area contributed by atoms with Crippen molar-refractivity contribution in [3.8, 4) is 11.4 Å². The van der Waals surface area contributed by atoms with E-state index in [0.717, 1.165) is 12.1 Å². The highest BCUT2D eigenvalue weighted by molar-refractivity contribution is 7.88. The van der Waals surface area contributed by atoms with Crippen LogP contribution in [-0.4, -0.2) is 33.7 Å². The molecule has 11 heteroatoms. The van der Waals surface area contributed by atoms with Crippen molar-refractivity contribution in [2.24, 2.45) is 0 Å². The van der Waals surface area contributed by atoms with E-state index in [4.69, 9.17) is 0 Å². The molecule has 0 saturated carbocycles. The quantitative estimate of drug-likeness (QED) is 0.519. The molecule has 0 aliphatic heterocycles. The van der Waals surface area contributed by atoms with E-state index in [-0.39, 0.29) is 0 Å². The Morgan fingerprint density at radius 3 is 2.00 bits per heavy atom. The topological polar surface area (TPSA) is 87.0 Å². The second-order valence-corrected chi connectivity index (χ2v) is 5.88. The number of hydrogen-bond acceptors (Lipinski definition) is 6. The fraction of sp³-hybridized carbons (Fsp3) is 0.0714. The van der Waals surface area contributed by atoms with Gasteiger partial charge in [0.2, 0.25) is 0 Å². The molecule has 0 atom stereocenters. The van der Waals surface area contributed by atoms with Crippen LogP contribution in [0.4, 0.5) is 13.2 Å². The summed E-state index contributed by atoms with van der Waals surface area (Å²) in [6.45, 7) is 0. The number of nitrogens with zero attached hydrogens (tertiary/aromatic N) is 4. The second-order valence-electron chi connectivity index (χ2n) is 4.34. The van der Waals surface area contributed by atoms with Crippen molar-refractivity contribution in [1.82, 2.24) is 19.7 Å². The Hall–Kier alpha value is -2.95. The van der Waals surface area contributed by atoms with Gasteiger partial charge in [-0.3, -0.25) is 4.98 Å². The summed E-state index contributed by atoms with van der Waals surface area (Å²) in [5.74, 6) is -0.443. The zero-order valence-electron chi connectivity index (χ0n) is 12.4. The van der Waals surface area contributed by atoms with Gasteiger partial charge in [-0.2, -0.15) is 26.7 Å². The zero-order valence-corrected chi connectivity index (χ0v) is 13.2. The van der Waals surface area contributed by atoms with Crippen LogP contribution in [0.3, 0.4) is 0 Å². The van der Waals surface area contributed by atoms with Gasteiger partial charge in [0.25, 0.3) is 0 Å². The third kappa shape index (κ3) is 5.28.